The Morgan fingerprint density at radius 1 is 1.47 bits per heavy atom. The molecule has 0 fully saturated rings. The normalized spacial score (nSPS) is 10.3. The van der Waals surface area contributed by atoms with E-state index in [0.29, 0.717) is 0 Å². The van der Waals surface area contributed by atoms with Crippen molar-refractivity contribution in [1.29, 1.82) is 0 Å². The van der Waals surface area contributed by atoms with E-state index < -0.39 is 0 Å². The third kappa shape index (κ3) is 2.33. The molecule has 4 heteroatoms. The lowest BCUT2D eigenvalue weighted by molar-refractivity contribution is 0.628. The number of anilines is 1. The molecule has 0 bridgehead atoms. The maximum atomic E-state index is 13.0. The molecule has 0 saturated heterocycles. The third-order valence-corrected chi connectivity index (χ3v) is 2.75. The highest BCUT2D eigenvalue weighted by molar-refractivity contribution is 7.14. The summed E-state index contributed by atoms with van der Waals surface area (Å²) in [4.78, 5) is 4.35. The zero-order valence-corrected chi connectivity index (χ0v) is 9.14. The molecule has 1 N–H and O–H groups in total. The SMILES string of the molecule is CCNc1nc(-c2cccc(F)c2)cs1. The smallest absolute Gasteiger partial charge is 0.183 e. The van der Waals surface area contributed by atoms with Crippen LogP contribution in [0, 0.1) is 5.82 Å². The third-order valence-electron chi connectivity index (χ3n) is 1.95. The topological polar surface area (TPSA) is 24.9 Å². The van der Waals surface area contributed by atoms with Gasteiger partial charge in [-0.15, -0.1) is 11.3 Å². The zero-order chi connectivity index (χ0) is 10.7. The van der Waals surface area contributed by atoms with Crippen LogP contribution in [0.1, 0.15) is 6.92 Å². The van der Waals surface area contributed by atoms with Crippen LogP contribution in [0.3, 0.4) is 0 Å². The zero-order valence-electron chi connectivity index (χ0n) is 8.33. The van der Waals surface area contributed by atoms with Gasteiger partial charge in [0, 0.05) is 17.5 Å². The summed E-state index contributed by atoms with van der Waals surface area (Å²) in [6.07, 6.45) is 0. The molecular weight excluding hydrogens is 211 g/mol. The number of aromatic nitrogens is 1. The van der Waals surface area contributed by atoms with Crippen LogP contribution in [-0.2, 0) is 0 Å². The molecule has 0 radical (unpaired) electrons. The van der Waals surface area contributed by atoms with Gasteiger partial charge in [-0.1, -0.05) is 12.1 Å². The van der Waals surface area contributed by atoms with Gasteiger partial charge in [-0.25, -0.2) is 9.37 Å². The minimum Gasteiger partial charge on any atom is -0.362 e. The van der Waals surface area contributed by atoms with Crippen molar-refractivity contribution in [3.63, 3.8) is 0 Å². The van der Waals surface area contributed by atoms with Crippen LogP contribution in [0.5, 0.6) is 0 Å². The van der Waals surface area contributed by atoms with Crippen molar-refractivity contribution >= 4 is 16.5 Å². The van der Waals surface area contributed by atoms with Crippen molar-refractivity contribution in [2.24, 2.45) is 0 Å². The predicted octanol–water partition coefficient (Wildman–Crippen LogP) is 3.38. The van der Waals surface area contributed by atoms with Gasteiger partial charge in [0.05, 0.1) is 5.69 Å². The van der Waals surface area contributed by atoms with Crippen molar-refractivity contribution < 1.29 is 4.39 Å². The van der Waals surface area contributed by atoms with Crippen molar-refractivity contribution in [1.82, 2.24) is 4.98 Å². The summed E-state index contributed by atoms with van der Waals surface area (Å²) in [6, 6.07) is 6.47. The van der Waals surface area contributed by atoms with Gasteiger partial charge in [-0.2, -0.15) is 0 Å². The van der Waals surface area contributed by atoms with Gasteiger partial charge in [0.15, 0.2) is 5.13 Å². The summed E-state index contributed by atoms with van der Waals surface area (Å²) in [5, 5.41) is 5.92. The molecule has 78 valence electrons. The van der Waals surface area contributed by atoms with Gasteiger partial charge < -0.3 is 5.32 Å². The van der Waals surface area contributed by atoms with E-state index in [-0.39, 0.29) is 5.82 Å². The van der Waals surface area contributed by atoms with E-state index in [0.717, 1.165) is 22.9 Å². The van der Waals surface area contributed by atoms with E-state index in [1.54, 1.807) is 6.07 Å². The molecule has 0 spiro atoms. The number of nitrogens with zero attached hydrogens (tertiary/aromatic N) is 1. The fourth-order valence-corrected chi connectivity index (χ4v) is 2.08. The number of hydrogen-bond donors (Lipinski definition) is 1. The standard InChI is InChI=1S/C11H11FN2S/c1-2-13-11-14-10(7-15-11)8-4-3-5-9(12)6-8/h3-7H,2H2,1H3,(H,13,14). The van der Waals surface area contributed by atoms with Gasteiger partial charge >= 0.3 is 0 Å². The maximum Gasteiger partial charge on any atom is 0.183 e. The molecule has 0 atom stereocenters. The Bertz CT molecular complexity index is 453. The molecule has 1 aromatic heterocycles. The minimum atomic E-state index is -0.231. The summed E-state index contributed by atoms with van der Waals surface area (Å²) in [5.41, 5.74) is 1.63. The highest BCUT2D eigenvalue weighted by atomic mass is 32.1. The highest BCUT2D eigenvalue weighted by Crippen LogP contribution is 2.24. The Morgan fingerprint density at radius 2 is 2.33 bits per heavy atom. The van der Waals surface area contributed by atoms with Crippen molar-refractivity contribution in [2.45, 2.75) is 6.92 Å². The van der Waals surface area contributed by atoms with Gasteiger partial charge in [-0.3, -0.25) is 0 Å². The Labute approximate surface area is 91.8 Å². The summed E-state index contributed by atoms with van der Waals surface area (Å²) >= 11 is 1.53. The van der Waals surface area contributed by atoms with E-state index in [4.69, 9.17) is 0 Å². The van der Waals surface area contributed by atoms with Crippen LogP contribution >= 0.6 is 11.3 Å². The van der Waals surface area contributed by atoms with Crippen molar-refractivity contribution in [2.75, 3.05) is 11.9 Å². The summed E-state index contributed by atoms with van der Waals surface area (Å²) in [5.74, 6) is -0.231. The molecule has 0 aliphatic heterocycles. The Kier molecular flexibility index (Phi) is 2.97. The van der Waals surface area contributed by atoms with Crippen LogP contribution in [0.2, 0.25) is 0 Å². The quantitative estimate of drug-likeness (QED) is 0.861. The number of thiazole rings is 1. The van der Waals surface area contributed by atoms with Crippen LogP contribution in [0.15, 0.2) is 29.6 Å². The van der Waals surface area contributed by atoms with Crippen LogP contribution < -0.4 is 5.32 Å². The van der Waals surface area contributed by atoms with Crippen LogP contribution in [-0.4, -0.2) is 11.5 Å². The lowest BCUT2D eigenvalue weighted by Crippen LogP contribution is -1.94. The first-order valence-electron chi connectivity index (χ1n) is 4.75. The Hall–Kier alpha value is -1.42. The maximum absolute atomic E-state index is 13.0. The number of halogens is 1. The molecule has 0 saturated carbocycles. The molecule has 1 heterocycles. The number of nitrogens with one attached hydrogen (secondary N) is 1. The fraction of sp³-hybridized carbons (Fsp3) is 0.182. The second-order valence-corrected chi connectivity index (χ2v) is 3.94. The minimum absolute atomic E-state index is 0.231. The predicted molar refractivity (Wildman–Crippen MR) is 61.7 cm³/mol. The second kappa shape index (κ2) is 4.40. The molecule has 2 rings (SSSR count). The number of hydrogen-bond acceptors (Lipinski definition) is 3. The number of benzene rings is 1. The van der Waals surface area contributed by atoms with E-state index >= 15 is 0 Å². The largest absolute Gasteiger partial charge is 0.362 e. The lowest BCUT2D eigenvalue weighted by Gasteiger charge is -1.97. The monoisotopic (exact) mass is 222 g/mol. The molecule has 0 aliphatic carbocycles. The molecule has 2 aromatic rings. The van der Waals surface area contributed by atoms with Gasteiger partial charge in [-0.05, 0) is 19.1 Å². The van der Waals surface area contributed by atoms with Crippen LogP contribution in [0.25, 0.3) is 11.3 Å². The average molecular weight is 222 g/mol. The highest BCUT2D eigenvalue weighted by Gasteiger charge is 2.04. The Morgan fingerprint density at radius 3 is 3.07 bits per heavy atom. The first-order chi connectivity index (χ1) is 7.29. The molecule has 0 amide bonds. The molecule has 0 aliphatic rings. The Balaban J connectivity index is 2.29. The summed E-state index contributed by atoms with van der Waals surface area (Å²) in [6.45, 7) is 2.86. The van der Waals surface area contributed by atoms with E-state index in [2.05, 4.69) is 10.3 Å². The van der Waals surface area contributed by atoms with E-state index in [9.17, 15) is 4.39 Å². The van der Waals surface area contributed by atoms with Gasteiger partial charge in [0.2, 0.25) is 0 Å². The molecule has 15 heavy (non-hydrogen) atoms. The fourth-order valence-electron chi connectivity index (χ4n) is 1.29. The second-order valence-electron chi connectivity index (χ2n) is 3.08. The summed E-state index contributed by atoms with van der Waals surface area (Å²) in [7, 11) is 0. The van der Waals surface area contributed by atoms with E-state index in [1.807, 2.05) is 18.4 Å². The molecule has 1 aromatic carbocycles. The van der Waals surface area contributed by atoms with Crippen molar-refractivity contribution in [3.05, 3.63) is 35.5 Å². The van der Waals surface area contributed by atoms with Gasteiger partial charge in [0.1, 0.15) is 5.82 Å². The van der Waals surface area contributed by atoms with Gasteiger partial charge in [0.25, 0.3) is 0 Å². The van der Waals surface area contributed by atoms with E-state index in [1.165, 1.54) is 23.5 Å². The summed E-state index contributed by atoms with van der Waals surface area (Å²) < 4.78 is 13.0. The first kappa shape index (κ1) is 10.1. The average Bonchev–Trinajstić information content (AvgIpc) is 2.67. The molecular formula is C11H11FN2S. The first-order valence-corrected chi connectivity index (χ1v) is 5.63. The molecule has 0 unspecified atom stereocenters. The number of rotatable bonds is 3. The lowest BCUT2D eigenvalue weighted by atomic mass is 10.2. The van der Waals surface area contributed by atoms with Crippen LogP contribution in [0.4, 0.5) is 9.52 Å². The molecule has 2 nitrogen and oxygen atoms in total. The van der Waals surface area contributed by atoms with Crippen molar-refractivity contribution in [3.8, 4) is 11.3 Å².